The van der Waals surface area contributed by atoms with E-state index in [0.717, 1.165) is 5.56 Å². The van der Waals surface area contributed by atoms with E-state index in [1.807, 2.05) is 37.3 Å². The van der Waals surface area contributed by atoms with Gasteiger partial charge in [0.15, 0.2) is 0 Å². The number of carbonyl (C=O) groups excluding carboxylic acids is 2. The zero-order valence-electron chi connectivity index (χ0n) is 11.5. The number of hydrogen-bond donors (Lipinski definition) is 1. The van der Waals surface area contributed by atoms with Crippen LogP contribution < -0.4 is 5.73 Å². The van der Waals surface area contributed by atoms with Crippen molar-refractivity contribution in [2.24, 2.45) is 5.73 Å². The maximum atomic E-state index is 12.7. The van der Waals surface area contributed by atoms with Crippen LogP contribution >= 0.6 is 0 Å². The molecule has 4 nitrogen and oxygen atoms in total. The lowest BCUT2D eigenvalue weighted by Gasteiger charge is -2.04. The highest BCUT2D eigenvalue weighted by atomic mass is 16.2. The monoisotopic (exact) mass is 278 g/mol. The van der Waals surface area contributed by atoms with E-state index in [2.05, 4.69) is 0 Å². The first-order valence-corrected chi connectivity index (χ1v) is 6.59. The van der Waals surface area contributed by atoms with Gasteiger partial charge in [-0.25, -0.2) is 0 Å². The molecule has 0 bridgehead atoms. The van der Waals surface area contributed by atoms with E-state index >= 15 is 0 Å². The van der Waals surface area contributed by atoms with Gasteiger partial charge in [-0.15, -0.1) is 0 Å². The Balaban J connectivity index is 2.21. The highest BCUT2D eigenvalue weighted by Gasteiger charge is 2.17. The first kappa shape index (κ1) is 13.1. The summed E-state index contributed by atoms with van der Waals surface area (Å²) >= 11 is 0. The van der Waals surface area contributed by atoms with Crippen molar-refractivity contribution in [3.8, 4) is 0 Å². The van der Waals surface area contributed by atoms with Crippen molar-refractivity contribution in [2.45, 2.75) is 6.92 Å². The highest BCUT2D eigenvalue weighted by molar-refractivity contribution is 6.11. The molecule has 0 radical (unpaired) electrons. The zero-order valence-corrected chi connectivity index (χ0v) is 11.5. The number of fused-ring (bicyclic) bond motifs is 1. The van der Waals surface area contributed by atoms with E-state index in [4.69, 9.17) is 5.73 Å². The van der Waals surface area contributed by atoms with Gasteiger partial charge < -0.3 is 5.73 Å². The number of nitrogens with zero attached hydrogens (tertiary/aromatic N) is 1. The van der Waals surface area contributed by atoms with Crippen LogP contribution in [0.5, 0.6) is 0 Å². The van der Waals surface area contributed by atoms with E-state index in [1.165, 1.54) is 10.8 Å². The van der Waals surface area contributed by atoms with E-state index < -0.39 is 5.91 Å². The van der Waals surface area contributed by atoms with Crippen LogP contribution in [0.1, 0.15) is 26.3 Å². The molecule has 0 aliphatic heterocycles. The van der Waals surface area contributed by atoms with Gasteiger partial charge in [-0.2, -0.15) is 0 Å². The quantitative estimate of drug-likeness (QED) is 0.783. The molecule has 3 rings (SSSR count). The summed E-state index contributed by atoms with van der Waals surface area (Å²) in [6.45, 7) is 1.93. The average molecular weight is 278 g/mol. The van der Waals surface area contributed by atoms with Gasteiger partial charge in [-0.3, -0.25) is 14.2 Å². The Labute approximate surface area is 121 Å². The predicted molar refractivity (Wildman–Crippen MR) is 81.4 cm³/mol. The Morgan fingerprint density at radius 3 is 2.52 bits per heavy atom. The number of aromatic nitrogens is 1. The van der Waals surface area contributed by atoms with Crippen molar-refractivity contribution in [1.82, 2.24) is 4.57 Å². The number of carbonyl (C=O) groups is 2. The highest BCUT2D eigenvalue weighted by Crippen LogP contribution is 2.22. The van der Waals surface area contributed by atoms with Gasteiger partial charge in [-0.05, 0) is 25.1 Å². The molecule has 2 aromatic carbocycles. The van der Waals surface area contributed by atoms with Crippen LogP contribution in [0.25, 0.3) is 10.9 Å². The standard InChI is InChI=1S/C17H14N2O2/c1-11-5-4-6-12(9-11)17(21)19-10-14(16(18)20)13-7-2-3-8-15(13)19/h2-10H,1H3,(H2,18,20). The summed E-state index contributed by atoms with van der Waals surface area (Å²) in [5, 5.41) is 0.686. The SMILES string of the molecule is Cc1cccc(C(=O)n2cc(C(N)=O)c3ccccc32)c1. The van der Waals surface area contributed by atoms with E-state index in [1.54, 1.807) is 18.2 Å². The molecule has 1 aromatic heterocycles. The summed E-state index contributed by atoms with van der Waals surface area (Å²) in [5.41, 5.74) is 8.01. The molecule has 104 valence electrons. The van der Waals surface area contributed by atoms with Gasteiger partial charge in [0.1, 0.15) is 0 Å². The second-order valence-corrected chi connectivity index (χ2v) is 4.97. The number of amides is 1. The van der Waals surface area contributed by atoms with Gasteiger partial charge in [0.25, 0.3) is 11.8 Å². The summed E-state index contributed by atoms with van der Waals surface area (Å²) in [6, 6.07) is 14.6. The summed E-state index contributed by atoms with van der Waals surface area (Å²) in [7, 11) is 0. The van der Waals surface area contributed by atoms with Crippen LogP contribution in [0.2, 0.25) is 0 Å². The minimum atomic E-state index is -0.540. The molecule has 21 heavy (non-hydrogen) atoms. The second-order valence-electron chi connectivity index (χ2n) is 4.97. The van der Waals surface area contributed by atoms with Crippen molar-refractivity contribution in [1.29, 1.82) is 0 Å². The fourth-order valence-electron chi connectivity index (χ4n) is 2.46. The Kier molecular flexibility index (Phi) is 3.06. The second kappa shape index (κ2) is 4.90. The molecule has 0 fully saturated rings. The molecule has 1 amide bonds. The number of rotatable bonds is 2. The Hall–Kier alpha value is -2.88. The van der Waals surface area contributed by atoms with Crippen molar-refractivity contribution < 1.29 is 9.59 Å². The third-order valence-electron chi connectivity index (χ3n) is 3.46. The van der Waals surface area contributed by atoms with Crippen LogP contribution in [0.15, 0.2) is 54.7 Å². The number of nitrogens with two attached hydrogens (primary N) is 1. The lowest BCUT2D eigenvalue weighted by atomic mass is 10.1. The smallest absolute Gasteiger partial charge is 0.262 e. The molecule has 3 aromatic rings. The Morgan fingerprint density at radius 1 is 1.05 bits per heavy atom. The molecule has 4 heteroatoms. The van der Waals surface area contributed by atoms with E-state index in [-0.39, 0.29) is 5.91 Å². The van der Waals surface area contributed by atoms with Crippen LogP contribution in [0, 0.1) is 6.92 Å². The zero-order chi connectivity index (χ0) is 15.0. The number of primary amides is 1. The minimum Gasteiger partial charge on any atom is -0.366 e. The van der Waals surface area contributed by atoms with Gasteiger partial charge >= 0.3 is 0 Å². The lowest BCUT2D eigenvalue weighted by molar-refractivity contribution is 0.0965. The van der Waals surface area contributed by atoms with Crippen molar-refractivity contribution in [3.05, 3.63) is 71.4 Å². The average Bonchev–Trinajstić information content (AvgIpc) is 2.86. The van der Waals surface area contributed by atoms with Crippen molar-refractivity contribution in [3.63, 3.8) is 0 Å². The molecule has 1 heterocycles. The summed E-state index contributed by atoms with van der Waals surface area (Å²) in [5.74, 6) is -0.718. The van der Waals surface area contributed by atoms with Gasteiger partial charge in [0, 0.05) is 17.1 Å². The summed E-state index contributed by atoms with van der Waals surface area (Å²) in [6.07, 6.45) is 1.51. The third-order valence-corrected chi connectivity index (χ3v) is 3.46. The fraction of sp³-hybridized carbons (Fsp3) is 0.0588. The van der Waals surface area contributed by atoms with Crippen LogP contribution in [-0.2, 0) is 0 Å². The van der Waals surface area contributed by atoms with E-state index in [9.17, 15) is 9.59 Å². The van der Waals surface area contributed by atoms with Gasteiger partial charge in [0.2, 0.25) is 0 Å². The Bertz CT molecular complexity index is 862. The molecule has 0 aliphatic carbocycles. The van der Waals surface area contributed by atoms with Crippen molar-refractivity contribution >= 4 is 22.7 Å². The summed E-state index contributed by atoms with van der Waals surface area (Å²) in [4.78, 5) is 24.2. The van der Waals surface area contributed by atoms with Crippen LogP contribution in [-0.4, -0.2) is 16.4 Å². The molecule has 0 aliphatic rings. The summed E-state index contributed by atoms with van der Waals surface area (Å²) < 4.78 is 1.48. The fourth-order valence-corrected chi connectivity index (χ4v) is 2.46. The number of benzene rings is 2. The maximum Gasteiger partial charge on any atom is 0.262 e. The maximum absolute atomic E-state index is 12.7. The molecule has 0 saturated heterocycles. The number of aryl methyl sites for hydroxylation is 1. The van der Waals surface area contributed by atoms with Gasteiger partial charge in [-0.1, -0.05) is 35.9 Å². The molecule has 0 unspecified atom stereocenters. The molecule has 2 N–H and O–H groups in total. The first-order chi connectivity index (χ1) is 10.1. The van der Waals surface area contributed by atoms with Gasteiger partial charge in [0.05, 0.1) is 11.1 Å². The normalized spacial score (nSPS) is 10.7. The van der Waals surface area contributed by atoms with E-state index in [0.29, 0.717) is 22.0 Å². The molecule has 0 saturated carbocycles. The molecular weight excluding hydrogens is 264 g/mol. The molecular formula is C17H14N2O2. The molecule has 0 atom stereocenters. The minimum absolute atomic E-state index is 0.178. The Morgan fingerprint density at radius 2 is 1.81 bits per heavy atom. The largest absolute Gasteiger partial charge is 0.366 e. The first-order valence-electron chi connectivity index (χ1n) is 6.59. The van der Waals surface area contributed by atoms with Crippen LogP contribution in [0.3, 0.4) is 0 Å². The third kappa shape index (κ3) is 2.21. The number of hydrogen-bond acceptors (Lipinski definition) is 2. The molecule has 0 spiro atoms. The topological polar surface area (TPSA) is 65.1 Å². The van der Waals surface area contributed by atoms with Crippen LogP contribution in [0.4, 0.5) is 0 Å². The lowest BCUT2D eigenvalue weighted by Crippen LogP contribution is -2.12. The number of para-hydroxylation sites is 1. The predicted octanol–water partition coefficient (Wildman–Crippen LogP) is 2.74. The van der Waals surface area contributed by atoms with Crippen molar-refractivity contribution in [2.75, 3.05) is 0 Å².